The van der Waals surface area contributed by atoms with Crippen molar-refractivity contribution in [1.29, 1.82) is 0 Å². The average molecular weight is 465 g/mol. The highest BCUT2D eigenvalue weighted by Gasteiger charge is 2.29. The van der Waals surface area contributed by atoms with E-state index in [1.165, 1.54) is 12.1 Å². The third-order valence-electron chi connectivity index (χ3n) is 5.36. The highest BCUT2D eigenvalue weighted by atomic mass is 32.2. The summed E-state index contributed by atoms with van der Waals surface area (Å²) in [5.41, 5.74) is 4.90. The first kappa shape index (κ1) is 21.2. The van der Waals surface area contributed by atoms with Gasteiger partial charge in [-0.1, -0.05) is 18.2 Å². The van der Waals surface area contributed by atoms with Crippen LogP contribution in [0.4, 0.5) is 13.2 Å². The molecule has 0 spiro atoms. The van der Waals surface area contributed by atoms with Crippen LogP contribution < -0.4 is 5.73 Å². The Labute approximate surface area is 190 Å². The van der Waals surface area contributed by atoms with Crippen LogP contribution in [-0.2, 0) is 6.54 Å². The molecule has 0 bridgehead atoms. The van der Waals surface area contributed by atoms with Gasteiger partial charge in [0, 0.05) is 33.3 Å². The van der Waals surface area contributed by atoms with Crippen LogP contribution in [0, 0.1) is 6.07 Å². The summed E-state index contributed by atoms with van der Waals surface area (Å²) in [4.78, 5) is 12.2. The first-order chi connectivity index (χ1) is 15.8. The number of furan rings is 1. The van der Waals surface area contributed by atoms with Crippen molar-refractivity contribution >= 4 is 39.5 Å². The Morgan fingerprint density at radius 2 is 1.85 bits per heavy atom. The van der Waals surface area contributed by atoms with E-state index in [1.807, 2.05) is 22.8 Å². The Kier molecular flexibility index (Phi) is 5.17. The SMILES string of the molecule is NC(=O)c1cccc2c1c1[c]cc(-c3ccco3)cc1n2Cc1ccc(SC(F)(F)F)cc1. The summed E-state index contributed by atoms with van der Waals surface area (Å²) in [5, 5.41) is 1.43. The number of hydrogen-bond donors (Lipinski definition) is 1. The van der Waals surface area contributed by atoms with Crippen LogP contribution in [0.25, 0.3) is 33.1 Å². The molecule has 3 aromatic carbocycles. The fraction of sp³-hybridized carbons (Fsp3) is 0.0800. The van der Waals surface area contributed by atoms with E-state index in [0.29, 0.717) is 23.3 Å². The molecule has 165 valence electrons. The number of thioether (sulfide) groups is 1. The lowest BCUT2D eigenvalue weighted by Crippen LogP contribution is -2.11. The number of carbonyl (C=O) groups excluding carboxylic acids is 1. The second-order valence-electron chi connectivity index (χ2n) is 7.47. The Balaban J connectivity index is 1.66. The first-order valence-electron chi connectivity index (χ1n) is 9.95. The fourth-order valence-electron chi connectivity index (χ4n) is 4.00. The van der Waals surface area contributed by atoms with Gasteiger partial charge in [-0.25, -0.2) is 0 Å². The lowest BCUT2D eigenvalue weighted by atomic mass is 10.0. The fourth-order valence-corrected chi connectivity index (χ4v) is 4.53. The summed E-state index contributed by atoms with van der Waals surface area (Å²) >= 11 is -0.145. The van der Waals surface area contributed by atoms with Crippen molar-refractivity contribution in [2.24, 2.45) is 5.73 Å². The predicted molar refractivity (Wildman–Crippen MR) is 122 cm³/mol. The van der Waals surface area contributed by atoms with E-state index in [-0.39, 0.29) is 16.7 Å². The van der Waals surface area contributed by atoms with Crippen molar-refractivity contribution in [1.82, 2.24) is 4.57 Å². The number of fused-ring (bicyclic) bond motifs is 3. The van der Waals surface area contributed by atoms with E-state index < -0.39 is 11.4 Å². The molecule has 0 fully saturated rings. The summed E-state index contributed by atoms with van der Waals surface area (Å²) in [6.07, 6.45) is 1.58. The highest BCUT2D eigenvalue weighted by Crippen LogP contribution is 2.38. The highest BCUT2D eigenvalue weighted by molar-refractivity contribution is 8.00. The lowest BCUT2D eigenvalue weighted by Gasteiger charge is -2.10. The van der Waals surface area contributed by atoms with E-state index in [0.717, 1.165) is 27.5 Å². The normalized spacial score (nSPS) is 12.0. The van der Waals surface area contributed by atoms with Gasteiger partial charge < -0.3 is 14.7 Å². The number of hydrogen-bond acceptors (Lipinski definition) is 3. The van der Waals surface area contributed by atoms with E-state index in [4.69, 9.17) is 10.2 Å². The molecule has 2 heterocycles. The van der Waals surface area contributed by atoms with Crippen LogP contribution in [0.5, 0.6) is 0 Å². The Hall–Kier alpha value is -3.65. The quantitative estimate of drug-likeness (QED) is 0.297. The van der Waals surface area contributed by atoms with Gasteiger partial charge in [0.15, 0.2) is 0 Å². The minimum absolute atomic E-state index is 0.123. The van der Waals surface area contributed by atoms with Crippen LogP contribution in [0.1, 0.15) is 15.9 Å². The summed E-state index contributed by atoms with van der Waals surface area (Å²) < 4.78 is 45.5. The van der Waals surface area contributed by atoms with Crippen molar-refractivity contribution in [3.05, 3.63) is 90.2 Å². The maximum atomic E-state index is 12.7. The van der Waals surface area contributed by atoms with Crippen molar-refractivity contribution in [3.8, 4) is 11.3 Å². The molecular weight excluding hydrogens is 449 g/mol. The lowest BCUT2D eigenvalue weighted by molar-refractivity contribution is -0.0328. The van der Waals surface area contributed by atoms with Gasteiger partial charge in [-0.05, 0) is 71.9 Å². The van der Waals surface area contributed by atoms with Gasteiger partial charge in [0.05, 0.1) is 17.3 Å². The first-order valence-corrected chi connectivity index (χ1v) is 10.8. The summed E-state index contributed by atoms with van der Waals surface area (Å²) in [7, 11) is 0. The summed E-state index contributed by atoms with van der Waals surface area (Å²) in [5.74, 6) is 0.130. The van der Waals surface area contributed by atoms with Crippen LogP contribution in [0.2, 0.25) is 0 Å². The number of aromatic nitrogens is 1. The number of amides is 1. The minimum Gasteiger partial charge on any atom is -0.464 e. The third kappa shape index (κ3) is 4.09. The van der Waals surface area contributed by atoms with E-state index >= 15 is 0 Å². The van der Waals surface area contributed by atoms with Gasteiger partial charge >= 0.3 is 5.51 Å². The zero-order valence-corrected chi connectivity index (χ0v) is 17.8. The molecule has 0 aliphatic rings. The van der Waals surface area contributed by atoms with Crippen molar-refractivity contribution in [2.45, 2.75) is 16.9 Å². The zero-order chi connectivity index (χ0) is 23.2. The van der Waals surface area contributed by atoms with E-state index in [2.05, 4.69) is 6.07 Å². The molecule has 33 heavy (non-hydrogen) atoms. The molecule has 4 nitrogen and oxygen atoms in total. The molecule has 5 rings (SSSR count). The van der Waals surface area contributed by atoms with Gasteiger partial charge in [-0.2, -0.15) is 13.2 Å². The van der Waals surface area contributed by atoms with Crippen LogP contribution >= 0.6 is 11.8 Å². The van der Waals surface area contributed by atoms with Crippen LogP contribution in [-0.4, -0.2) is 16.0 Å². The smallest absolute Gasteiger partial charge is 0.446 e. The molecule has 0 aliphatic heterocycles. The average Bonchev–Trinajstić information content (AvgIpc) is 3.41. The largest absolute Gasteiger partial charge is 0.464 e. The van der Waals surface area contributed by atoms with Gasteiger partial charge in [-0.15, -0.1) is 0 Å². The van der Waals surface area contributed by atoms with Gasteiger partial charge in [0.2, 0.25) is 5.91 Å². The van der Waals surface area contributed by atoms with Crippen LogP contribution in [0.15, 0.2) is 82.3 Å². The third-order valence-corrected chi connectivity index (χ3v) is 6.10. The molecule has 0 saturated heterocycles. The molecule has 1 amide bonds. The Bertz CT molecular complexity index is 1470. The zero-order valence-electron chi connectivity index (χ0n) is 17.0. The van der Waals surface area contributed by atoms with E-state index in [1.54, 1.807) is 42.7 Å². The van der Waals surface area contributed by atoms with E-state index in [9.17, 15) is 18.0 Å². The standard InChI is InChI=1S/C25H16F3N2O2S/c26-25(27,28)33-17-9-6-15(7-10-17)14-30-20-4-1-3-19(24(29)31)23(20)18-11-8-16(13-21(18)30)22-5-2-12-32-22/h1-10,12-13H,14H2,(H2,29,31). The molecule has 2 aromatic heterocycles. The second kappa shape index (κ2) is 8.04. The van der Waals surface area contributed by atoms with Gasteiger partial charge in [0.1, 0.15) is 5.76 Å². The number of alkyl halides is 3. The second-order valence-corrected chi connectivity index (χ2v) is 8.61. The number of nitrogens with zero attached hydrogens (tertiary/aromatic N) is 1. The van der Waals surface area contributed by atoms with Gasteiger partial charge in [-0.3, -0.25) is 4.79 Å². The number of primary amides is 1. The molecule has 1 radical (unpaired) electrons. The maximum absolute atomic E-state index is 12.7. The number of halogens is 3. The molecule has 2 N–H and O–H groups in total. The Morgan fingerprint density at radius 3 is 2.52 bits per heavy atom. The topological polar surface area (TPSA) is 61.2 Å². The minimum atomic E-state index is -4.34. The summed E-state index contributed by atoms with van der Waals surface area (Å²) in [6.45, 7) is 0.384. The summed E-state index contributed by atoms with van der Waals surface area (Å²) in [6, 6.07) is 22.2. The van der Waals surface area contributed by atoms with Gasteiger partial charge in [0.25, 0.3) is 0 Å². The Morgan fingerprint density at radius 1 is 1.06 bits per heavy atom. The van der Waals surface area contributed by atoms with Crippen molar-refractivity contribution < 1.29 is 22.4 Å². The molecule has 8 heteroatoms. The number of rotatable bonds is 5. The number of nitrogens with two attached hydrogens (primary N) is 1. The molecule has 0 aliphatic carbocycles. The molecule has 0 unspecified atom stereocenters. The predicted octanol–water partition coefficient (Wildman–Crippen LogP) is 6.61. The van der Waals surface area contributed by atoms with Crippen LogP contribution in [0.3, 0.4) is 0 Å². The van der Waals surface area contributed by atoms with Crippen molar-refractivity contribution in [3.63, 3.8) is 0 Å². The number of benzene rings is 3. The maximum Gasteiger partial charge on any atom is 0.446 e. The molecule has 0 atom stereocenters. The molecular formula is C25H16F3N2O2S. The molecule has 0 saturated carbocycles. The number of carbonyl (C=O) groups is 1. The monoisotopic (exact) mass is 465 g/mol. The molecule has 5 aromatic rings. The van der Waals surface area contributed by atoms with Crippen molar-refractivity contribution in [2.75, 3.05) is 0 Å².